The van der Waals surface area contributed by atoms with Crippen molar-refractivity contribution in [1.82, 2.24) is 4.98 Å². The second-order valence-electron chi connectivity index (χ2n) is 3.00. The first kappa shape index (κ1) is 7.95. The average Bonchev–Trinajstić information content (AvgIpc) is 2.68. The number of nitrogens with zero attached hydrogens (tertiary/aromatic N) is 1. The molecular weight excluding hydrogens is 181 g/mol. The summed E-state index contributed by atoms with van der Waals surface area (Å²) in [4.78, 5) is 3.42. The molecule has 12 heavy (non-hydrogen) atoms. The highest BCUT2D eigenvalue weighted by molar-refractivity contribution is 6.29. The number of aromatic nitrogens is 1. The first-order valence-electron chi connectivity index (χ1n) is 3.67. The van der Waals surface area contributed by atoms with Crippen molar-refractivity contribution >= 4 is 11.6 Å². The summed E-state index contributed by atoms with van der Waals surface area (Å²) in [6.45, 7) is 0. The predicted octanol–water partition coefficient (Wildman–Crippen LogP) is 1.86. The monoisotopic (exact) mass is 187 g/mol. The molecular formula is C8H7ClFNO. The molecule has 0 unspecified atom stereocenters. The topological polar surface area (TPSA) is 33.1 Å². The third-order valence-corrected chi connectivity index (χ3v) is 2.25. The number of hydrogen-bond acceptors (Lipinski definition) is 2. The fourth-order valence-electron chi connectivity index (χ4n) is 1.15. The minimum atomic E-state index is -0.971. The summed E-state index contributed by atoms with van der Waals surface area (Å²) >= 11 is 5.45. The molecule has 0 aliphatic heterocycles. The normalized spacial score (nSPS) is 19.2. The zero-order valence-electron chi connectivity index (χ0n) is 6.22. The van der Waals surface area contributed by atoms with Crippen LogP contribution in [0.3, 0.4) is 0 Å². The van der Waals surface area contributed by atoms with Crippen molar-refractivity contribution in [3.05, 3.63) is 28.8 Å². The van der Waals surface area contributed by atoms with Gasteiger partial charge in [-0.05, 0) is 25.0 Å². The highest BCUT2D eigenvalue weighted by Crippen LogP contribution is 2.45. The van der Waals surface area contributed by atoms with Crippen LogP contribution in [0, 0.1) is 5.95 Å². The lowest BCUT2D eigenvalue weighted by atomic mass is 10.1. The third-order valence-electron chi connectivity index (χ3n) is 2.04. The Hall–Kier alpha value is -0.670. The van der Waals surface area contributed by atoms with Crippen LogP contribution in [0.15, 0.2) is 12.1 Å². The van der Waals surface area contributed by atoms with Crippen molar-refractivity contribution in [2.75, 3.05) is 0 Å². The Morgan fingerprint density at radius 2 is 2.17 bits per heavy atom. The van der Waals surface area contributed by atoms with Crippen molar-refractivity contribution in [2.45, 2.75) is 18.4 Å². The van der Waals surface area contributed by atoms with E-state index in [1.165, 1.54) is 12.1 Å². The van der Waals surface area contributed by atoms with E-state index in [0.29, 0.717) is 12.8 Å². The summed E-state index contributed by atoms with van der Waals surface area (Å²) in [7, 11) is 0. The Kier molecular flexibility index (Phi) is 1.59. The summed E-state index contributed by atoms with van der Waals surface area (Å²) in [5.74, 6) is -0.664. The summed E-state index contributed by atoms with van der Waals surface area (Å²) in [5.41, 5.74) is -0.714. The Morgan fingerprint density at radius 1 is 1.50 bits per heavy atom. The highest BCUT2D eigenvalue weighted by Gasteiger charge is 2.44. The molecule has 0 atom stereocenters. The van der Waals surface area contributed by atoms with Gasteiger partial charge in [-0.15, -0.1) is 0 Å². The molecule has 2 rings (SSSR count). The van der Waals surface area contributed by atoms with Gasteiger partial charge in [0.25, 0.3) is 0 Å². The Balaban J connectivity index is 2.45. The lowest BCUT2D eigenvalue weighted by molar-refractivity contribution is 0.145. The van der Waals surface area contributed by atoms with E-state index in [4.69, 9.17) is 11.6 Å². The van der Waals surface area contributed by atoms with Gasteiger partial charge in [-0.3, -0.25) is 0 Å². The van der Waals surface area contributed by atoms with Gasteiger partial charge in [0, 0.05) is 5.56 Å². The second-order valence-corrected chi connectivity index (χ2v) is 3.39. The molecule has 2 nitrogen and oxygen atoms in total. The minimum Gasteiger partial charge on any atom is -0.385 e. The zero-order valence-corrected chi connectivity index (χ0v) is 6.98. The molecule has 1 aromatic rings. The molecule has 1 N–H and O–H groups in total. The molecule has 1 saturated carbocycles. The van der Waals surface area contributed by atoms with Crippen molar-refractivity contribution in [1.29, 1.82) is 0 Å². The van der Waals surface area contributed by atoms with Crippen LogP contribution in [0.25, 0.3) is 0 Å². The number of pyridine rings is 1. The summed E-state index contributed by atoms with van der Waals surface area (Å²) in [6, 6.07) is 2.97. The first-order chi connectivity index (χ1) is 5.62. The molecule has 1 aliphatic carbocycles. The number of aliphatic hydroxyl groups is 1. The quantitative estimate of drug-likeness (QED) is 0.681. The maximum Gasteiger partial charge on any atom is 0.220 e. The van der Waals surface area contributed by atoms with Crippen LogP contribution >= 0.6 is 11.6 Å². The molecule has 0 radical (unpaired) electrons. The Morgan fingerprint density at radius 3 is 2.67 bits per heavy atom. The van der Waals surface area contributed by atoms with Crippen LogP contribution in [0.1, 0.15) is 18.4 Å². The van der Waals surface area contributed by atoms with Gasteiger partial charge >= 0.3 is 0 Å². The van der Waals surface area contributed by atoms with E-state index in [2.05, 4.69) is 4.98 Å². The summed E-state index contributed by atoms with van der Waals surface area (Å²) in [5, 5.41) is 9.66. The fraction of sp³-hybridized carbons (Fsp3) is 0.375. The highest BCUT2D eigenvalue weighted by atomic mass is 35.5. The van der Waals surface area contributed by atoms with E-state index < -0.39 is 11.5 Å². The number of hydrogen-bond donors (Lipinski definition) is 1. The molecule has 0 bridgehead atoms. The zero-order chi connectivity index (χ0) is 8.77. The van der Waals surface area contributed by atoms with Gasteiger partial charge in [-0.25, -0.2) is 4.98 Å². The molecule has 0 spiro atoms. The maximum atomic E-state index is 13.0. The molecule has 1 fully saturated rings. The van der Waals surface area contributed by atoms with Gasteiger partial charge in [0.15, 0.2) is 0 Å². The molecule has 0 saturated heterocycles. The van der Waals surface area contributed by atoms with Gasteiger partial charge in [0.05, 0.1) is 5.60 Å². The van der Waals surface area contributed by atoms with Gasteiger partial charge in [-0.2, -0.15) is 4.39 Å². The lowest BCUT2D eigenvalue weighted by Crippen LogP contribution is -2.08. The molecule has 1 heterocycles. The van der Waals surface area contributed by atoms with E-state index in [0.717, 1.165) is 0 Å². The van der Waals surface area contributed by atoms with Crippen LogP contribution < -0.4 is 0 Å². The molecule has 0 amide bonds. The van der Waals surface area contributed by atoms with Gasteiger partial charge < -0.3 is 5.11 Å². The Bertz CT molecular complexity index is 325. The second kappa shape index (κ2) is 2.41. The maximum absolute atomic E-state index is 13.0. The smallest absolute Gasteiger partial charge is 0.220 e. The first-order valence-corrected chi connectivity index (χ1v) is 4.04. The average molecular weight is 188 g/mol. The molecule has 64 valence electrons. The van der Waals surface area contributed by atoms with E-state index in [1.807, 2.05) is 0 Å². The number of rotatable bonds is 1. The molecule has 4 heteroatoms. The van der Waals surface area contributed by atoms with Crippen LogP contribution in [-0.2, 0) is 5.60 Å². The van der Waals surface area contributed by atoms with Crippen molar-refractivity contribution in [2.24, 2.45) is 0 Å². The van der Waals surface area contributed by atoms with Crippen LogP contribution in [-0.4, -0.2) is 10.1 Å². The van der Waals surface area contributed by atoms with Crippen LogP contribution in [0.5, 0.6) is 0 Å². The minimum absolute atomic E-state index is 0.112. The van der Waals surface area contributed by atoms with E-state index >= 15 is 0 Å². The Labute approximate surface area is 74.0 Å². The van der Waals surface area contributed by atoms with Gasteiger partial charge in [-0.1, -0.05) is 11.6 Å². The lowest BCUT2D eigenvalue weighted by Gasteiger charge is -2.07. The standard InChI is InChI=1S/C8H7ClFNO/c9-6-2-1-5(7(10)11-6)8(12)3-4-8/h1-2,12H,3-4H2. The number of halogens is 2. The predicted molar refractivity (Wildman–Crippen MR) is 42.3 cm³/mol. The van der Waals surface area contributed by atoms with E-state index in [-0.39, 0.29) is 10.7 Å². The summed E-state index contributed by atoms with van der Waals surface area (Å²) in [6.07, 6.45) is 1.21. The fourth-order valence-corrected chi connectivity index (χ4v) is 1.28. The van der Waals surface area contributed by atoms with E-state index in [1.54, 1.807) is 0 Å². The largest absolute Gasteiger partial charge is 0.385 e. The van der Waals surface area contributed by atoms with Crippen LogP contribution in [0.4, 0.5) is 4.39 Å². The van der Waals surface area contributed by atoms with Gasteiger partial charge in [0.2, 0.25) is 5.95 Å². The van der Waals surface area contributed by atoms with Crippen LogP contribution in [0.2, 0.25) is 5.15 Å². The molecule has 1 aliphatic rings. The summed E-state index contributed by atoms with van der Waals surface area (Å²) < 4.78 is 13.0. The third kappa shape index (κ3) is 1.19. The SMILES string of the molecule is OC1(c2ccc(Cl)nc2F)CC1. The molecule has 1 aromatic heterocycles. The molecule has 0 aromatic carbocycles. The van der Waals surface area contributed by atoms with E-state index in [9.17, 15) is 9.50 Å². The van der Waals surface area contributed by atoms with Crippen molar-refractivity contribution in [3.63, 3.8) is 0 Å². The van der Waals surface area contributed by atoms with Crippen molar-refractivity contribution in [3.8, 4) is 0 Å². The van der Waals surface area contributed by atoms with Crippen molar-refractivity contribution < 1.29 is 9.50 Å². The van der Waals surface area contributed by atoms with Gasteiger partial charge in [0.1, 0.15) is 5.15 Å².